The van der Waals surface area contributed by atoms with E-state index in [1.807, 2.05) is 0 Å². The molecule has 0 saturated carbocycles. The molecule has 2 aromatic carbocycles. The number of nitrogens with one attached hydrogen (secondary N) is 1. The Morgan fingerprint density at radius 3 is 2.14 bits per heavy atom. The Morgan fingerprint density at radius 1 is 0.857 bits per heavy atom. The summed E-state index contributed by atoms with van der Waals surface area (Å²) in [5, 5.41) is 3.71. The van der Waals surface area contributed by atoms with Crippen LogP contribution in [0.5, 0.6) is 0 Å². The van der Waals surface area contributed by atoms with Crippen LogP contribution in [0.2, 0.25) is 0 Å². The normalized spacial score (nSPS) is 23.3. The van der Waals surface area contributed by atoms with Gasteiger partial charge in [-0.2, -0.15) is 0 Å². The van der Waals surface area contributed by atoms with E-state index in [9.17, 15) is 0 Å². The van der Waals surface area contributed by atoms with Gasteiger partial charge in [-0.3, -0.25) is 0 Å². The summed E-state index contributed by atoms with van der Waals surface area (Å²) < 4.78 is 0. The maximum absolute atomic E-state index is 3.71. The summed E-state index contributed by atoms with van der Waals surface area (Å²) in [5.41, 5.74) is 6.90. The lowest BCUT2D eigenvalue weighted by molar-refractivity contribution is 0.378. The number of rotatable bonds is 1. The molecule has 2 aromatic rings. The quantitative estimate of drug-likeness (QED) is 0.756. The minimum atomic E-state index is 0.0610. The molecule has 0 saturated heterocycles. The lowest BCUT2D eigenvalue weighted by Crippen LogP contribution is -2.45. The van der Waals surface area contributed by atoms with E-state index in [1.54, 1.807) is 0 Å². The molecule has 110 valence electrons. The van der Waals surface area contributed by atoms with Gasteiger partial charge in [0.2, 0.25) is 0 Å². The van der Waals surface area contributed by atoms with Crippen LogP contribution >= 0.6 is 0 Å². The minimum absolute atomic E-state index is 0.0610. The van der Waals surface area contributed by atoms with Gasteiger partial charge >= 0.3 is 0 Å². The van der Waals surface area contributed by atoms with E-state index in [1.165, 1.54) is 27.9 Å². The molecule has 3 rings (SSSR count). The van der Waals surface area contributed by atoms with Crippen LogP contribution in [0.15, 0.2) is 42.5 Å². The predicted molar refractivity (Wildman–Crippen MR) is 91.1 cm³/mol. The zero-order chi connectivity index (χ0) is 15.3. The molecular weight excluding hydrogens is 254 g/mol. The van der Waals surface area contributed by atoms with Crippen molar-refractivity contribution in [3.8, 4) is 0 Å². The van der Waals surface area contributed by atoms with Crippen LogP contribution in [0.3, 0.4) is 0 Å². The topological polar surface area (TPSA) is 12.0 Å². The van der Waals surface area contributed by atoms with Gasteiger partial charge in [-0.15, -0.1) is 0 Å². The average molecular weight is 279 g/mol. The fourth-order valence-electron chi connectivity index (χ4n) is 3.81. The SMILES string of the molecule is Cc1ccc(C2(C)CC(C)(C)Nc3cc(C)ccc32)cc1. The summed E-state index contributed by atoms with van der Waals surface area (Å²) in [5.74, 6) is 0. The van der Waals surface area contributed by atoms with Crippen molar-refractivity contribution >= 4 is 5.69 Å². The van der Waals surface area contributed by atoms with Gasteiger partial charge in [0.05, 0.1) is 0 Å². The molecule has 1 heterocycles. The molecule has 21 heavy (non-hydrogen) atoms. The van der Waals surface area contributed by atoms with Crippen LogP contribution < -0.4 is 5.32 Å². The molecule has 0 amide bonds. The van der Waals surface area contributed by atoms with Gasteiger partial charge in [0.25, 0.3) is 0 Å². The maximum atomic E-state index is 3.71. The van der Waals surface area contributed by atoms with Crippen LogP contribution in [-0.4, -0.2) is 5.54 Å². The van der Waals surface area contributed by atoms with Crippen LogP contribution in [-0.2, 0) is 5.41 Å². The molecule has 1 heteroatoms. The average Bonchev–Trinajstić information content (AvgIpc) is 2.37. The molecule has 1 nitrogen and oxygen atoms in total. The number of hydrogen-bond acceptors (Lipinski definition) is 1. The first-order chi connectivity index (χ1) is 9.80. The van der Waals surface area contributed by atoms with E-state index in [-0.39, 0.29) is 11.0 Å². The molecule has 0 bridgehead atoms. The van der Waals surface area contributed by atoms with E-state index < -0.39 is 0 Å². The molecule has 0 aromatic heterocycles. The highest BCUT2D eigenvalue weighted by Crippen LogP contribution is 2.47. The lowest BCUT2D eigenvalue weighted by Gasteiger charge is -2.46. The fourth-order valence-corrected chi connectivity index (χ4v) is 3.81. The van der Waals surface area contributed by atoms with Crippen LogP contribution in [0.25, 0.3) is 0 Å². The van der Waals surface area contributed by atoms with Crippen molar-refractivity contribution in [2.45, 2.75) is 52.0 Å². The zero-order valence-electron chi connectivity index (χ0n) is 13.7. The van der Waals surface area contributed by atoms with Crippen LogP contribution in [0, 0.1) is 13.8 Å². The first-order valence-corrected chi connectivity index (χ1v) is 7.77. The molecule has 0 aliphatic carbocycles. The highest BCUT2D eigenvalue weighted by Gasteiger charge is 2.41. The van der Waals surface area contributed by atoms with Gasteiger partial charge in [-0.05, 0) is 56.9 Å². The smallest absolute Gasteiger partial charge is 0.0388 e. The largest absolute Gasteiger partial charge is 0.380 e. The van der Waals surface area contributed by atoms with Crippen molar-refractivity contribution < 1.29 is 0 Å². The summed E-state index contributed by atoms with van der Waals surface area (Å²) >= 11 is 0. The Kier molecular flexibility index (Phi) is 3.12. The second kappa shape index (κ2) is 4.62. The van der Waals surface area contributed by atoms with E-state index >= 15 is 0 Å². The summed E-state index contributed by atoms with van der Waals surface area (Å²) in [4.78, 5) is 0. The molecular formula is C20H25N. The lowest BCUT2D eigenvalue weighted by atomic mass is 9.66. The summed E-state index contributed by atoms with van der Waals surface area (Å²) in [6, 6.07) is 15.8. The number of anilines is 1. The van der Waals surface area contributed by atoms with Crippen molar-refractivity contribution in [2.75, 3.05) is 5.32 Å². The van der Waals surface area contributed by atoms with Gasteiger partial charge in [-0.1, -0.05) is 48.9 Å². The van der Waals surface area contributed by atoms with Crippen molar-refractivity contribution in [1.82, 2.24) is 0 Å². The molecule has 1 unspecified atom stereocenters. The van der Waals surface area contributed by atoms with Crippen molar-refractivity contribution in [3.05, 3.63) is 64.7 Å². The highest BCUT2D eigenvalue weighted by atomic mass is 15.0. The van der Waals surface area contributed by atoms with E-state index in [2.05, 4.69) is 82.4 Å². The molecule has 0 radical (unpaired) electrons. The summed E-state index contributed by atoms with van der Waals surface area (Å²) in [6.07, 6.45) is 1.10. The van der Waals surface area contributed by atoms with E-state index in [0.29, 0.717) is 0 Å². The predicted octanol–water partition coefficient (Wildman–Crippen LogP) is 5.20. The Balaban J connectivity index is 2.19. The molecule has 1 atom stereocenters. The van der Waals surface area contributed by atoms with Gasteiger partial charge in [0, 0.05) is 16.6 Å². The van der Waals surface area contributed by atoms with Gasteiger partial charge in [-0.25, -0.2) is 0 Å². The van der Waals surface area contributed by atoms with Gasteiger partial charge < -0.3 is 5.32 Å². The molecule has 1 aliphatic rings. The Labute approximate surface area is 128 Å². The van der Waals surface area contributed by atoms with Crippen LogP contribution in [0.4, 0.5) is 5.69 Å². The summed E-state index contributed by atoms with van der Waals surface area (Å²) in [6.45, 7) is 11.3. The second-order valence-electron chi connectivity index (χ2n) is 7.43. The standard InChI is InChI=1S/C20H25N/c1-14-6-9-16(10-7-14)20(5)13-19(3,4)21-18-12-15(2)8-11-17(18)20/h6-12,21H,13H2,1-5H3. The number of fused-ring (bicyclic) bond motifs is 1. The molecule has 1 aliphatic heterocycles. The molecule has 0 spiro atoms. The third-order valence-electron chi connectivity index (χ3n) is 4.73. The summed E-state index contributed by atoms with van der Waals surface area (Å²) in [7, 11) is 0. The monoisotopic (exact) mass is 279 g/mol. The third kappa shape index (κ3) is 2.46. The van der Waals surface area contributed by atoms with E-state index in [0.717, 1.165) is 6.42 Å². The second-order valence-corrected chi connectivity index (χ2v) is 7.43. The number of aryl methyl sites for hydroxylation is 2. The number of hydrogen-bond donors (Lipinski definition) is 1. The maximum Gasteiger partial charge on any atom is 0.0388 e. The number of benzene rings is 2. The molecule has 1 N–H and O–H groups in total. The Hall–Kier alpha value is -1.76. The van der Waals surface area contributed by atoms with Crippen molar-refractivity contribution in [3.63, 3.8) is 0 Å². The Bertz CT molecular complexity index is 667. The zero-order valence-corrected chi connectivity index (χ0v) is 13.7. The first kappa shape index (κ1) is 14.2. The Morgan fingerprint density at radius 2 is 1.48 bits per heavy atom. The third-order valence-corrected chi connectivity index (χ3v) is 4.73. The van der Waals surface area contributed by atoms with Crippen molar-refractivity contribution in [1.29, 1.82) is 0 Å². The van der Waals surface area contributed by atoms with Gasteiger partial charge in [0.15, 0.2) is 0 Å². The van der Waals surface area contributed by atoms with Gasteiger partial charge in [0.1, 0.15) is 0 Å². The minimum Gasteiger partial charge on any atom is -0.380 e. The fraction of sp³-hybridized carbons (Fsp3) is 0.400. The van der Waals surface area contributed by atoms with E-state index in [4.69, 9.17) is 0 Å². The first-order valence-electron chi connectivity index (χ1n) is 7.77. The van der Waals surface area contributed by atoms with Crippen LogP contribution in [0.1, 0.15) is 49.4 Å². The highest BCUT2D eigenvalue weighted by molar-refractivity contribution is 5.63. The molecule has 0 fully saturated rings. The van der Waals surface area contributed by atoms with Crippen molar-refractivity contribution in [2.24, 2.45) is 0 Å².